The number of fused-ring (bicyclic) bond motifs is 3. The van der Waals surface area contributed by atoms with E-state index in [1.54, 1.807) is 25.7 Å². The van der Waals surface area contributed by atoms with Gasteiger partial charge < -0.3 is 9.30 Å². The molecule has 0 saturated carbocycles. The van der Waals surface area contributed by atoms with Crippen LogP contribution in [0.25, 0.3) is 11.2 Å². The summed E-state index contributed by atoms with van der Waals surface area (Å²) >= 11 is 1.62. The Hall–Kier alpha value is -2.03. The van der Waals surface area contributed by atoms with E-state index < -0.39 is 5.69 Å². The molecule has 3 heterocycles. The largest absolute Gasteiger partial charge is 0.466 e. The van der Waals surface area contributed by atoms with E-state index in [0.29, 0.717) is 36.5 Å². The number of ether oxygens (including phenoxy) is 1. The molecule has 0 aliphatic carbocycles. The second-order valence-electron chi connectivity index (χ2n) is 5.46. The van der Waals surface area contributed by atoms with Crippen LogP contribution in [0.15, 0.2) is 9.59 Å². The van der Waals surface area contributed by atoms with E-state index in [2.05, 4.69) is 4.98 Å². The summed E-state index contributed by atoms with van der Waals surface area (Å²) in [4.78, 5) is 40.6. The van der Waals surface area contributed by atoms with Gasteiger partial charge in [0.05, 0.1) is 18.8 Å². The highest BCUT2D eigenvalue weighted by atomic mass is 32.2. The lowest BCUT2D eigenvalue weighted by molar-refractivity contribution is -0.143. The smallest absolute Gasteiger partial charge is 0.332 e. The summed E-state index contributed by atoms with van der Waals surface area (Å²) in [6.45, 7) is 2.64. The second kappa shape index (κ2) is 5.88. The third-order valence-electron chi connectivity index (χ3n) is 3.96. The maximum Gasteiger partial charge on any atom is 0.332 e. The van der Waals surface area contributed by atoms with Crippen molar-refractivity contribution >= 4 is 28.9 Å². The molecule has 0 fully saturated rings. The number of carbonyl (C=O) groups is 1. The Bertz CT molecular complexity index is 895. The highest BCUT2D eigenvalue weighted by Gasteiger charge is 2.27. The van der Waals surface area contributed by atoms with Crippen LogP contribution in [-0.4, -0.2) is 36.5 Å². The Morgan fingerprint density at radius 3 is 2.78 bits per heavy atom. The molecule has 8 nitrogen and oxygen atoms in total. The summed E-state index contributed by atoms with van der Waals surface area (Å²) in [6, 6.07) is 0. The molecule has 2 aromatic heterocycles. The molecule has 0 aromatic carbocycles. The fourth-order valence-corrected chi connectivity index (χ4v) is 3.89. The first-order valence-corrected chi connectivity index (χ1v) is 8.41. The summed E-state index contributed by atoms with van der Waals surface area (Å²) in [5.74, 6) is 1.11. The number of esters is 1. The molecular weight excluding hydrogens is 320 g/mol. The molecule has 23 heavy (non-hydrogen) atoms. The van der Waals surface area contributed by atoms with Crippen LogP contribution in [0, 0.1) is 0 Å². The minimum atomic E-state index is -0.395. The zero-order valence-electron chi connectivity index (χ0n) is 13.2. The number of thioether (sulfide) groups is 1. The highest BCUT2D eigenvalue weighted by molar-refractivity contribution is 7.99. The summed E-state index contributed by atoms with van der Waals surface area (Å²) in [7, 11) is 3.06. The SMILES string of the molecule is CCOC(=O)CC1Cn2c(nc3c2c(=O)n(C)c(=O)n3C)CS1. The van der Waals surface area contributed by atoms with Gasteiger partial charge in [0.1, 0.15) is 5.82 Å². The first kappa shape index (κ1) is 15.9. The van der Waals surface area contributed by atoms with Crippen molar-refractivity contribution in [2.24, 2.45) is 14.1 Å². The van der Waals surface area contributed by atoms with Gasteiger partial charge in [-0.05, 0) is 6.92 Å². The maximum absolute atomic E-state index is 12.5. The van der Waals surface area contributed by atoms with E-state index >= 15 is 0 Å². The number of hydrogen-bond donors (Lipinski definition) is 0. The van der Waals surface area contributed by atoms with Crippen LogP contribution in [-0.2, 0) is 35.9 Å². The zero-order chi connectivity index (χ0) is 16.7. The lowest BCUT2D eigenvalue weighted by Gasteiger charge is -2.22. The molecule has 9 heteroatoms. The number of carbonyl (C=O) groups excluding carboxylic acids is 1. The van der Waals surface area contributed by atoms with Gasteiger partial charge in [-0.2, -0.15) is 0 Å². The van der Waals surface area contributed by atoms with Crippen LogP contribution in [0.2, 0.25) is 0 Å². The Morgan fingerprint density at radius 1 is 1.35 bits per heavy atom. The summed E-state index contributed by atoms with van der Waals surface area (Å²) in [5.41, 5.74) is 0.0570. The molecule has 1 atom stereocenters. The topological polar surface area (TPSA) is 88.1 Å². The van der Waals surface area contributed by atoms with Crippen LogP contribution in [0.1, 0.15) is 19.2 Å². The van der Waals surface area contributed by atoms with Crippen molar-refractivity contribution in [1.29, 1.82) is 0 Å². The lowest BCUT2D eigenvalue weighted by Crippen LogP contribution is -2.38. The van der Waals surface area contributed by atoms with Crippen molar-refractivity contribution in [3.8, 4) is 0 Å². The Kier molecular flexibility index (Phi) is 4.05. The molecule has 1 aliphatic rings. The van der Waals surface area contributed by atoms with E-state index in [1.807, 2.05) is 4.57 Å². The fourth-order valence-electron chi connectivity index (χ4n) is 2.78. The van der Waals surface area contributed by atoms with Gasteiger partial charge in [0.15, 0.2) is 11.2 Å². The average molecular weight is 338 g/mol. The minimum Gasteiger partial charge on any atom is -0.466 e. The number of hydrogen-bond acceptors (Lipinski definition) is 6. The molecule has 0 N–H and O–H groups in total. The standard InChI is InChI=1S/C14H18N4O4S/c1-4-22-10(19)5-8-6-18-9(7-23-8)15-12-11(18)13(20)17(3)14(21)16(12)2/h8H,4-7H2,1-3H3. The normalized spacial score (nSPS) is 17.3. The van der Waals surface area contributed by atoms with Gasteiger partial charge in [0.2, 0.25) is 0 Å². The number of aromatic nitrogens is 4. The van der Waals surface area contributed by atoms with Gasteiger partial charge in [-0.3, -0.25) is 18.7 Å². The molecule has 3 rings (SSSR count). The lowest BCUT2D eigenvalue weighted by atomic mass is 10.3. The summed E-state index contributed by atoms with van der Waals surface area (Å²) in [6.07, 6.45) is 0.295. The van der Waals surface area contributed by atoms with Crippen LogP contribution in [0.5, 0.6) is 0 Å². The number of imidazole rings is 1. The van der Waals surface area contributed by atoms with Gasteiger partial charge in [0, 0.05) is 25.9 Å². The van der Waals surface area contributed by atoms with E-state index in [0.717, 1.165) is 10.4 Å². The van der Waals surface area contributed by atoms with Gasteiger partial charge >= 0.3 is 11.7 Å². The predicted octanol–water partition coefficient (Wildman–Crippen LogP) is 0.00230. The Labute approximate surface area is 136 Å². The minimum absolute atomic E-state index is 0.0286. The number of aryl methyl sites for hydroxylation is 1. The number of nitrogens with zero attached hydrogens (tertiary/aromatic N) is 4. The predicted molar refractivity (Wildman–Crippen MR) is 86.5 cm³/mol. The van der Waals surface area contributed by atoms with Crippen LogP contribution in [0.4, 0.5) is 0 Å². The molecule has 124 valence electrons. The molecule has 0 bridgehead atoms. The quantitative estimate of drug-likeness (QED) is 0.732. The van der Waals surface area contributed by atoms with Gasteiger partial charge in [-0.15, -0.1) is 11.8 Å². The molecule has 0 amide bonds. The monoisotopic (exact) mass is 338 g/mol. The zero-order valence-corrected chi connectivity index (χ0v) is 14.1. The van der Waals surface area contributed by atoms with E-state index in [1.165, 1.54) is 11.6 Å². The van der Waals surface area contributed by atoms with Gasteiger partial charge in [-0.1, -0.05) is 0 Å². The van der Waals surface area contributed by atoms with Crippen molar-refractivity contribution in [3.05, 3.63) is 26.7 Å². The average Bonchev–Trinajstić information content (AvgIpc) is 2.90. The first-order valence-electron chi connectivity index (χ1n) is 7.36. The molecule has 1 aliphatic heterocycles. The summed E-state index contributed by atoms with van der Waals surface area (Å²) < 4.78 is 9.29. The first-order chi connectivity index (χ1) is 10.9. The highest BCUT2D eigenvalue weighted by Crippen LogP contribution is 2.29. The fraction of sp³-hybridized carbons (Fsp3) is 0.571. The van der Waals surface area contributed by atoms with E-state index in [-0.39, 0.29) is 16.8 Å². The van der Waals surface area contributed by atoms with E-state index in [4.69, 9.17) is 4.74 Å². The van der Waals surface area contributed by atoms with Crippen LogP contribution >= 0.6 is 11.8 Å². The molecule has 0 spiro atoms. The molecule has 0 saturated heterocycles. The van der Waals surface area contributed by atoms with Gasteiger partial charge in [0.25, 0.3) is 5.56 Å². The third-order valence-corrected chi connectivity index (χ3v) is 5.17. The third kappa shape index (κ3) is 2.58. The molecule has 2 aromatic rings. The number of rotatable bonds is 3. The summed E-state index contributed by atoms with van der Waals surface area (Å²) in [5, 5.41) is 0.0286. The Balaban J connectivity index is 2.04. The van der Waals surface area contributed by atoms with Crippen LogP contribution < -0.4 is 11.2 Å². The second-order valence-corrected chi connectivity index (χ2v) is 6.75. The van der Waals surface area contributed by atoms with Crippen molar-refractivity contribution in [2.75, 3.05) is 6.61 Å². The van der Waals surface area contributed by atoms with Crippen molar-refractivity contribution < 1.29 is 9.53 Å². The van der Waals surface area contributed by atoms with Crippen molar-refractivity contribution in [3.63, 3.8) is 0 Å². The van der Waals surface area contributed by atoms with Crippen LogP contribution in [0.3, 0.4) is 0 Å². The van der Waals surface area contributed by atoms with Crippen molar-refractivity contribution in [1.82, 2.24) is 18.7 Å². The van der Waals surface area contributed by atoms with Gasteiger partial charge in [-0.25, -0.2) is 9.78 Å². The molecule has 0 radical (unpaired) electrons. The molecule has 1 unspecified atom stereocenters. The maximum atomic E-state index is 12.5. The van der Waals surface area contributed by atoms with E-state index in [9.17, 15) is 14.4 Å². The Morgan fingerprint density at radius 2 is 2.09 bits per heavy atom. The molecular formula is C14H18N4O4S. The van der Waals surface area contributed by atoms with Crippen molar-refractivity contribution in [2.45, 2.75) is 30.9 Å².